The van der Waals surface area contributed by atoms with E-state index in [0.29, 0.717) is 0 Å². The van der Waals surface area contributed by atoms with Gasteiger partial charge in [0.25, 0.3) is 0 Å². The number of aromatic nitrogens is 2. The molecule has 0 saturated carbocycles. The molecule has 1 rings (SSSR count). The molecule has 0 atom stereocenters. The number of hydrogen-bond donors (Lipinski definition) is 2. The van der Waals surface area contributed by atoms with Crippen molar-refractivity contribution in [3.63, 3.8) is 0 Å². The molecule has 0 amide bonds. The molecule has 0 aromatic carbocycles. The van der Waals surface area contributed by atoms with Crippen molar-refractivity contribution >= 4 is 0 Å². The van der Waals surface area contributed by atoms with Crippen LogP contribution in [0, 0.1) is 0 Å². The Balaban J connectivity index is 2.14. The first-order valence-electron chi connectivity index (χ1n) is 4.63. The highest BCUT2D eigenvalue weighted by atomic mass is 15.1. The third-order valence-electron chi connectivity index (χ3n) is 1.96. The minimum absolute atomic E-state index is 0.948. The van der Waals surface area contributed by atoms with Gasteiger partial charge in [-0.3, -0.25) is 0 Å². The molecular weight excluding hydrogens is 164 g/mol. The maximum Gasteiger partial charge on any atom is 0.0922 e. The summed E-state index contributed by atoms with van der Waals surface area (Å²) in [5.41, 5.74) is 1.17. The first kappa shape index (κ1) is 10.2. The van der Waals surface area contributed by atoms with Gasteiger partial charge in [0.15, 0.2) is 0 Å². The van der Waals surface area contributed by atoms with E-state index in [1.54, 1.807) is 6.33 Å². The van der Waals surface area contributed by atoms with Crippen LogP contribution in [0.1, 0.15) is 12.1 Å². The highest BCUT2D eigenvalue weighted by Crippen LogP contribution is 1.97. The summed E-state index contributed by atoms with van der Waals surface area (Å²) < 4.78 is 0. The van der Waals surface area contributed by atoms with Gasteiger partial charge < -0.3 is 15.2 Å². The van der Waals surface area contributed by atoms with Gasteiger partial charge in [0.05, 0.1) is 6.33 Å². The normalized spacial score (nSPS) is 11.0. The molecule has 0 aliphatic rings. The first-order chi connectivity index (χ1) is 6.33. The molecule has 1 aromatic rings. The maximum absolute atomic E-state index is 3.98. The Morgan fingerprint density at radius 1 is 1.62 bits per heavy atom. The molecule has 0 saturated heterocycles. The predicted octanol–water partition coefficient (Wildman–Crippen LogP) is 0.451. The molecule has 0 unspecified atom stereocenters. The van der Waals surface area contributed by atoms with Gasteiger partial charge in [0, 0.05) is 18.4 Å². The van der Waals surface area contributed by atoms with E-state index in [4.69, 9.17) is 0 Å². The quantitative estimate of drug-likeness (QED) is 0.628. The van der Waals surface area contributed by atoms with E-state index < -0.39 is 0 Å². The largest absolute Gasteiger partial charge is 0.347 e. The zero-order valence-corrected chi connectivity index (χ0v) is 8.38. The molecule has 0 aliphatic heterocycles. The second-order valence-corrected chi connectivity index (χ2v) is 3.27. The summed E-state index contributed by atoms with van der Waals surface area (Å²) in [6, 6.07) is 0. The van der Waals surface area contributed by atoms with Gasteiger partial charge in [-0.25, -0.2) is 4.98 Å². The minimum Gasteiger partial charge on any atom is -0.347 e. The van der Waals surface area contributed by atoms with Crippen LogP contribution in [0.5, 0.6) is 0 Å². The molecule has 0 bridgehead atoms. The number of aromatic amines is 1. The molecule has 2 N–H and O–H groups in total. The fraction of sp³-hybridized carbons (Fsp3) is 0.667. The Bertz CT molecular complexity index is 207. The van der Waals surface area contributed by atoms with E-state index in [1.807, 2.05) is 13.2 Å². The lowest BCUT2D eigenvalue weighted by atomic mass is 10.3. The molecule has 0 aliphatic carbocycles. The Morgan fingerprint density at radius 2 is 2.46 bits per heavy atom. The fourth-order valence-electron chi connectivity index (χ4n) is 1.27. The van der Waals surface area contributed by atoms with Crippen molar-refractivity contribution in [3.05, 3.63) is 18.2 Å². The average molecular weight is 182 g/mol. The maximum atomic E-state index is 3.98. The van der Waals surface area contributed by atoms with Crippen molar-refractivity contribution in [2.75, 3.05) is 27.2 Å². The van der Waals surface area contributed by atoms with E-state index in [9.17, 15) is 0 Å². The van der Waals surface area contributed by atoms with Crippen LogP contribution in [0.3, 0.4) is 0 Å². The van der Waals surface area contributed by atoms with Gasteiger partial charge in [-0.2, -0.15) is 0 Å². The SMILES string of the molecule is CNCCCN(C)Cc1cnc[nH]1. The number of hydrogen-bond acceptors (Lipinski definition) is 3. The zero-order valence-electron chi connectivity index (χ0n) is 8.38. The van der Waals surface area contributed by atoms with Crippen LogP contribution in [0.4, 0.5) is 0 Å². The van der Waals surface area contributed by atoms with Crippen molar-refractivity contribution < 1.29 is 0 Å². The topological polar surface area (TPSA) is 44.0 Å². The van der Waals surface area contributed by atoms with Gasteiger partial charge in [0.2, 0.25) is 0 Å². The lowest BCUT2D eigenvalue weighted by molar-refractivity contribution is 0.318. The molecule has 4 nitrogen and oxygen atoms in total. The lowest BCUT2D eigenvalue weighted by Crippen LogP contribution is -2.22. The smallest absolute Gasteiger partial charge is 0.0922 e. The number of rotatable bonds is 6. The van der Waals surface area contributed by atoms with Crippen molar-refractivity contribution in [3.8, 4) is 0 Å². The third-order valence-corrected chi connectivity index (χ3v) is 1.96. The third kappa shape index (κ3) is 4.05. The Labute approximate surface area is 79.4 Å². The number of H-pyrrole nitrogens is 1. The van der Waals surface area contributed by atoms with Gasteiger partial charge in [-0.15, -0.1) is 0 Å². The summed E-state index contributed by atoms with van der Waals surface area (Å²) in [5, 5.41) is 3.14. The van der Waals surface area contributed by atoms with Gasteiger partial charge in [-0.05, 0) is 33.6 Å². The molecule has 74 valence electrons. The summed E-state index contributed by atoms with van der Waals surface area (Å²) >= 11 is 0. The van der Waals surface area contributed by atoms with Gasteiger partial charge in [-0.1, -0.05) is 0 Å². The highest BCUT2D eigenvalue weighted by molar-refractivity contribution is 4.93. The second-order valence-electron chi connectivity index (χ2n) is 3.27. The van der Waals surface area contributed by atoms with Crippen LogP contribution >= 0.6 is 0 Å². The second kappa shape index (κ2) is 5.72. The zero-order chi connectivity index (χ0) is 9.52. The van der Waals surface area contributed by atoms with Crippen LogP contribution in [0.2, 0.25) is 0 Å². The van der Waals surface area contributed by atoms with Crippen LogP contribution in [-0.2, 0) is 6.54 Å². The molecule has 1 heterocycles. The lowest BCUT2D eigenvalue weighted by Gasteiger charge is -2.14. The van der Waals surface area contributed by atoms with E-state index in [1.165, 1.54) is 12.1 Å². The van der Waals surface area contributed by atoms with E-state index in [0.717, 1.165) is 19.6 Å². The van der Waals surface area contributed by atoms with E-state index in [2.05, 4.69) is 27.2 Å². The van der Waals surface area contributed by atoms with Crippen molar-refractivity contribution in [2.45, 2.75) is 13.0 Å². The molecule has 4 heteroatoms. The fourth-order valence-corrected chi connectivity index (χ4v) is 1.27. The van der Waals surface area contributed by atoms with Crippen LogP contribution in [-0.4, -0.2) is 42.1 Å². The minimum atomic E-state index is 0.948. The summed E-state index contributed by atoms with van der Waals surface area (Å²) in [6.45, 7) is 3.14. The van der Waals surface area contributed by atoms with E-state index in [-0.39, 0.29) is 0 Å². The average Bonchev–Trinajstić information content (AvgIpc) is 2.57. The standard InChI is InChI=1S/C9H18N4/c1-10-4-3-5-13(2)7-9-6-11-8-12-9/h6,8,10H,3-5,7H2,1-2H3,(H,11,12). The van der Waals surface area contributed by atoms with Crippen LogP contribution < -0.4 is 5.32 Å². The molecule has 0 radical (unpaired) electrons. The Morgan fingerprint density at radius 3 is 3.08 bits per heavy atom. The number of nitrogens with zero attached hydrogens (tertiary/aromatic N) is 2. The number of nitrogens with one attached hydrogen (secondary N) is 2. The van der Waals surface area contributed by atoms with Gasteiger partial charge >= 0.3 is 0 Å². The molecule has 0 fully saturated rings. The predicted molar refractivity (Wildman–Crippen MR) is 53.5 cm³/mol. The van der Waals surface area contributed by atoms with Crippen LogP contribution in [0.15, 0.2) is 12.5 Å². The summed E-state index contributed by atoms with van der Waals surface area (Å²) in [5.74, 6) is 0. The van der Waals surface area contributed by atoms with Gasteiger partial charge in [0.1, 0.15) is 0 Å². The van der Waals surface area contributed by atoms with Crippen molar-refractivity contribution in [1.82, 2.24) is 20.2 Å². The Kier molecular flexibility index (Phi) is 4.49. The summed E-state index contributed by atoms with van der Waals surface area (Å²) in [6.07, 6.45) is 4.77. The van der Waals surface area contributed by atoms with Crippen molar-refractivity contribution in [1.29, 1.82) is 0 Å². The van der Waals surface area contributed by atoms with Crippen LogP contribution in [0.25, 0.3) is 0 Å². The van der Waals surface area contributed by atoms with E-state index >= 15 is 0 Å². The molecule has 13 heavy (non-hydrogen) atoms. The summed E-state index contributed by atoms with van der Waals surface area (Å²) in [7, 11) is 4.10. The monoisotopic (exact) mass is 182 g/mol. The molecule has 0 spiro atoms. The molecular formula is C9H18N4. The van der Waals surface area contributed by atoms with Crippen molar-refractivity contribution in [2.24, 2.45) is 0 Å². The highest BCUT2D eigenvalue weighted by Gasteiger charge is 1.99. The Hall–Kier alpha value is -0.870. The first-order valence-corrected chi connectivity index (χ1v) is 4.63. The summed E-state index contributed by atoms with van der Waals surface area (Å²) in [4.78, 5) is 9.35. The number of imidazole rings is 1. The molecule has 1 aromatic heterocycles.